The van der Waals surface area contributed by atoms with Crippen LogP contribution in [0.1, 0.15) is 49.9 Å². The van der Waals surface area contributed by atoms with Crippen molar-refractivity contribution < 1.29 is 8.83 Å². The Morgan fingerprint density at radius 1 is 0.295 bits per heavy atom. The van der Waals surface area contributed by atoms with Crippen LogP contribution < -0.4 is 9.80 Å². The zero-order valence-electron chi connectivity index (χ0n) is 52.6. The summed E-state index contributed by atoms with van der Waals surface area (Å²) in [6.07, 6.45) is 3.70. The Morgan fingerprint density at radius 2 is 0.747 bits per heavy atom. The highest BCUT2D eigenvalue weighted by atomic mass is 32.1. The second-order valence-electron chi connectivity index (χ2n) is 26.8. The molecular formula is C88H58N4O2S. The van der Waals surface area contributed by atoms with Gasteiger partial charge in [0.25, 0.3) is 0 Å². The molecule has 18 aromatic rings. The van der Waals surface area contributed by atoms with Crippen LogP contribution in [0.3, 0.4) is 0 Å². The predicted octanol–water partition coefficient (Wildman–Crippen LogP) is 25.0. The average Bonchev–Trinajstić information content (AvgIpc) is 1.73. The van der Waals surface area contributed by atoms with Crippen LogP contribution in [-0.2, 0) is 10.8 Å². The molecule has 7 heteroatoms. The Labute approximate surface area is 551 Å². The summed E-state index contributed by atoms with van der Waals surface area (Å²) in [4.78, 5) is 14.3. The summed E-state index contributed by atoms with van der Waals surface area (Å²) in [5.74, 6) is 0. The van der Waals surface area contributed by atoms with Gasteiger partial charge in [-0.2, -0.15) is 0 Å². The Balaban J connectivity index is 0.760. The van der Waals surface area contributed by atoms with Crippen LogP contribution in [0.25, 0.3) is 141 Å². The summed E-state index contributed by atoms with van der Waals surface area (Å²) in [5, 5.41) is 14.0. The SMILES string of the molecule is CC1(C)c2ccccc2-c2ccc(N(c3ccc4oc5ccc(-c6ccccn6)cc5c4c3)c3ccc4c(c3)c3ccccc3c3cc5c(cc43)sc3ccc(N(c4ccc6c(c4)C(C)(C)c4ccccc4-6)c4cccc6c4oc4ccc(-c7ccccn7)cc46)cc35)cc21. The molecule has 2 aliphatic rings. The fraction of sp³-hybridized carbons (Fsp3) is 0.0682. The van der Waals surface area contributed by atoms with E-state index in [0.717, 1.165) is 101 Å². The molecule has 95 heavy (non-hydrogen) atoms. The van der Waals surface area contributed by atoms with Crippen molar-refractivity contribution in [2.75, 3.05) is 9.80 Å². The van der Waals surface area contributed by atoms with E-state index in [0.29, 0.717) is 0 Å². The Hall–Kier alpha value is -11.6. The van der Waals surface area contributed by atoms with Crippen molar-refractivity contribution in [3.05, 3.63) is 302 Å². The Bertz CT molecular complexity index is 6310. The lowest BCUT2D eigenvalue weighted by Gasteiger charge is -2.28. The summed E-state index contributed by atoms with van der Waals surface area (Å²) < 4.78 is 16.1. The Kier molecular flexibility index (Phi) is 11.3. The summed E-state index contributed by atoms with van der Waals surface area (Å²) in [5.41, 5.74) is 23.7. The lowest BCUT2D eigenvalue weighted by molar-refractivity contribution is 0.660. The molecule has 5 aromatic heterocycles. The van der Waals surface area contributed by atoms with Crippen molar-refractivity contribution >= 4 is 142 Å². The predicted molar refractivity (Wildman–Crippen MR) is 397 cm³/mol. The van der Waals surface area contributed by atoms with Crippen LogP contribution in [0.5, 0.6) is 0 Å². The molecule has 0 radical (unpaired) electrons. The van der Waals surface area contributed by atoms with E-state index in [1.54, 1.807) is 0 Å². The molecule has 0 bridgehead atoms. The fourth-order valence-electron chi connectivity index (χ4n) is 16.3. The zero-order chi connectivity index (χ0) is 63.0. The number of aromatic nitrogens is 2. The van der Waals surface area contributed by atoms with Gasteiger partial charge in [-0.25, -0.2) is 0 Å². The normalized spacial score (nSPS) is 13.6. The van der Waals surface area contributed by atoms with Gasteiger partial charge in [0.1, 0.15) is 16.7 Å². The minimum absolute atomic E-state index is 0.193. The summed E-state index contributed by atoms with van der Waals surface area (Å²) in [7, 11) is 0. The molecule has 20 rings (SSSR count). The molecule has 0 amide bonds. The number of para-hydroxylation sites is 1. The van der Waals surface area contributed by atoms with E-state index in [-0.39, 0.29) is 10.8 Å². The molecule has 0 atom stereocenters. The highest BCUT2D eigenvalue weighted by Gasteiger charge is 2.38. The van der Waals surface area contributed by atoms with E-state index in [4.69, 9.17) is 18.8 Å². The first-order chi connectivity index (χ1) is 46.6. The molecule has 0 spiro atoms. The van der Waals surface area contributed by atoms with E-state index in [2.05, 4.69) is 280 Å². The highest BCUT2D eigenvalue weighted by Crippen LogP contribution is 2.55. The van der Waals surface area contributed by atoms with Gasteiger partial charge in [-0.05, 0) is 228 Å². The zero-order valence-corrected chi connectivity index (χ0v) is 53.4. The minimum Gasteiger partial charge on any atom is -0.456 e. The van der Waals surface area contributed by atoms with Crippen LogP contribution >= 0.6 is 11.3 Å². The molecule has 448 valence electrons. The largest absolute Gasteiger partial charge is 0.456 e. The molecular weight excluding hydrogens is 1180 g/mol. The van der Waals surface area contributed by atoms with Gasteiger partial charge < -0.3 is 18.6 Å². The molecule has 6 nitrogen and oxygen atoms in total. The Morgan fingerprint density at radius 3 is 1.40 bits per heavy atom. The topological polar surface area (TPSA) is 58.5 Å². The number of nitrogens with zero attached hydrogens (tertiary/aromatic N) is 4. The van der Waals surface area contributed by atoms with Crippen molar-refractivity contribution in [2.45, 2.75) is 38.5 Å². The van der Waals surface area contributed by atoms with Crippen molar-refractivity contribution in [1.82, 2.24) is 9.97 Å². The van der Waals surface area contributed by atoms with Crippen molar-refractivity contribution in [3.63, 3.8) is 0 Å². The molecule has 0 saturated heterocycles. The van der Waals surface area contributed by atoms with Crippen LogP contribution in [0.2, 0.25) is 0 Å². The van der Waals surface area contributed by atoms with Crippen molar-refractivity contribution in [2.24, 2.45) is 0 Å². The van der Waals surface area contributed by atoms with E-state index in [9.17, 15) is 0 Å². The molecule has 0 saturated carbocycles. The molecule has 13 aromatic carbocycles. The first-order valence-corrected chi connectivity index (χ1v) is 33.5. The maximum Gasteiger partial charge on any atom is 0.159 e. The average molecular weight is 1240 g/mol. The van der Waals surface area contributed by atoms with Gasteiger partial charge in [-0.15, -0.1) is 11.3 Å². The number of benzene rings is 13. The van der Waals surface area contributed by atoms with Gasteiger partial charge in [0.05, 0.1) is 17.1 Å². The van der Waals surface area contributed by atoms with Gasteiger partial charge in [0, 0.05) is 105 Å². The standard InChI is InChI=1S/C88H58N4O2S/c1-87(2)74-21-9-7-18-61(74)63-34-29-56(47-76(63)87)91(54-31-38-82-71(45-54)70-43-52(26-36-81(70)93-82)79-24-12-14-41-90-79)53-28-33-60-66(44-53)58-16-5-6-17-59(58)67-49-73-72-46-55(32-39-84(72)95-85(73)50-68(60)67)92(57-30-35-64-62-19-8-10-22-75(62)88(3,4)77(64)48-57)80-25-15-20-65-69-42-51(78-23-11-13-40-89-78)27-37-83(69)94-86(65)80/h5-50H,1-4H3. The van der Waals surface area contributed by atoms with E-state index in [1.807, 2.05) is 48.0 Å². The molecule has 2 aliphatic carbocycles. The van der Waals surface area contributed by atoms with E-state index < -0.39 is 0 Å². The number of furan rings is 2. The third-order valence-electron chi connectivity index (χ3n) is 20.9. The van der Waals surface area contributed by atoms with Crippen molar-refractivity contribution in [1.29, 1.82) is 0 Å². The van der Waals surface area contributed by atoms with Crippen LogP contribution in [0, 0.1) is 0 Å². The lowest BCUT2D eigenvalue weighted by Crippen LogP contribution is -2.16. The molecule has 5 heterocycles. The summed E-state index contributed by atoms with van der Waals surface area (Å²) in [6, 6.07) is 98.2. The van der Waals surface area contributed by atoms with Gasteiger partial charge >= 0.3 is 0 Å². The number of hydrogen-bond donors (Lipinski definition) is 0. The first kappa shape index (κ1) is 54.0. The number of thiophene rings is 1. The van der Waals surface area contributed by atoms with E-state index >= 15 is 0 Å². The van der Waals surface area contributed by atoms with Gasteiger partial charge in [0.15, 0.2) is 5.58 Å². The smallest absolute Gasteiger partial charge is 0.159 e. The monoisotopic (exact) mass is 1230 g/mol. The molecule has 0 fully saturated rings. The summed E-state index contributed by atoms with van der Waals surface area (Å²) >= 11 is 1.86. The number of anilines is 6. The van der Waals surface area contributed by atoms with Gasteiger partial charge in [-0.3, -0.25) is 9.97 Å². The van der Waals surface area contributed by atoms with Crippen LogP contribution in [0.4, 0.5) is 34.1 Å². The number of rotatable bonds is 8. The van der Waals surface area contributed by atoms with E-state index in [1.165, 1.54) is 97.0 Å². The molecule has 0 unspecified atom stereocenters. The van der Waals surface area contributed by atoms with Gasteiger partial charge in [-0.1, -0.05) is 143 Å². The summed E-state index contributed by atoms with van der Waals surface area (Å²) in [6.45, 7) is 9.45. The van der Waals surface area contributed by atoms with Crippen LogP contribution in [0.15, 0.2) is 288 Å². The molecule has 0 N–H and O–H groups in total. The minimum atomic E-state index is -0.200. The molecule has 0 aliphatic heterocycles. The third kappa shape index (κ3) is 7.97. The second kappa shape index (κ2) is 19.9. The highest BCUT2D eigenvalue weighted by molar-refractivity contribution is 7.26. The number of fused-ring (bicyclic) bond motifs is 21. The maximum atomic E-state index is 7.02. The lowest BCUT2D eigenvalue weighted by atomic mass is 9.82. The number of hydrogen-bond acceptors (Lipinski definition) is 7. The first-order valence-electron chi connectivity index (χ1n) is 32.7. The fourth-order valence-corrected chi connectivity index (χ4v) is 17.4. The second-order valence-corrected chi connectivity index (χ2v) is 27.9. The quantitative estimate of drug-likeness (QED) is 0.141. The third-order valence-corrected chi connectivity index (χ3v) is 22.0. The maximum absolute atomic E-state index is 7.02. The van der Waals surface area contributed by atoms with Crippen molar-refractivity contribution in [3.8, 4) is 44.8 Å². The van der Waals surface area contributed by atoms with Crippen LogP contribution in [-0.4, -0.2) is 9.97 Å². The number of pyridine rings is 2. The van der Waals surface area contributed by atoms with Gasteiger partial charge in [0.2, 0.25) is 0 Å².